The maximum Gasteiger partial charge on any atom is 0.326 e. The summed E-state index contributed by atoms with van der Waals surface area (Å²) in [5.41, 5.74) is -0.505. The zero-order valence-electron chi connectivity index (χ0n) is 12.4. The van der Waals surface area contributed by atoms with Crippen molar-refractivity contribution in [1.82, 2.24) is 5.32 Å². The number of benzene rings is 1. The summed E-state index contributed by atoms with van der Waals surface area (Å²) in [4.78, 5) is 23.1. The summed E-state index contributed by atoms with van der Waals surface area (Å²) >= 11 is 0. The van der Waals surface area contributed by atoms with E-state index in [2.05, 4.69) is 5.32 Å². The Morgan fingerprint density at radius 1 is 1.33 bits per heavy atom. The minimum Gasteiger partial charge on any atom is -0.497 e. The lowest BCUT2D eigenvalue weighted by Gasteiger charge is -2.23. The van der Waals surface area contributed by atoms with Crippen LogP contribution in [0.5, 0.6) is 5.75 Å². The van der Waals surface area contributed by atoms with E-state index < -0.39 is 30.0 Å². The highest BCUT2D eigenvalue weighted by Gasteiger charge is 2.31. The van der Waals surface area contributed by atoms with Gasteiger partial charge in [0.25, 0.3) is 0 Å². The predicted molar refractivity (Wildman–Crippen MR) is 76.0 cm³/mol. The summed E-state index contributed by atoms with van der Waals surface area (Å²) < 4.78 is 17.8. The zero-order valence-corrected chi connectivity index (χ0v) is 12.4. The van der Waals surface area contributed by atoms with Crippen LogP contribution in [-0.4, -0.2) is 36.8 Å². The van der Waals surface area contributed by atoms with Gasteiger partial charge in [-0.15, -0.1) is 0 Å². The molecule has 116 valence electrons. The third-order valence-electron chi connectivity index (χ3n) is 3.15. The molecule has 2 N–H and O–H groups in total. The first kappa shape index (κ1) is 16.9. The number of ether oxygens (including phenoxy) is 1. The third kappa shape index (κ3) is 4.73. The van der Waals surface area contributed by atoms with Gasteiger partial charge in [-0.1, -0.05) is 12.1 Å². The Labute approximate surface area is 123 Å². The van der Waals surface area contributed by atoms with Gasteiger partial charge < -0.3 is 15.2 Å². The summed E-state index contributed by atoms with van der Waals surface area (Å²) in [5.74, 6) is -1.12. The Bertz CT molecular complexity index is 499. The van der Waals surface area contributed by atoms with Crippen molar-refractivity contribution in [2.45, 2.75) is 26.3 Å². The number of rotatable bonds is 7. The fourth-order valence-electron chi connectivity index (χ4n) is 1.61. The zero-order chi connectivity index (χ0) is 16.0. The van der Waals surface area contributed by atoms with Crippen molar-refractivity contribution >= 4 is 11.9 Å². The van der Waals surface area contributed by atoms with Crippen LogP contribution in [0.3, 0.4) is 0 Å². The number of aliphatic carboxylic acids is 1. The van der Waals surface area contributed by atoms with E-state index >= 15 is 0 Å². The van der Waals surface area contributed by atoms with E-state index in [9.17, 15) is 19.1 Å². The Hall–Kier alpha value is -2.11. The number of carboxylic acid groups (broad SMARTS) is 1. The number of carboxylic acids is 1. The second kappa shape index (κ2) is 7.06. The molecule has 0 aromatic heterocycles. The predicted octanol–water partition coefficient (Wildman–Crippen LogP) is 1.80. The van der Waals surface area contributed by atoms with E-state index in [-0.39, 0.29) is 6.42 Å². The number of alkyl halides is 1. The van der Waals surface area contributed by atoms with Crippen molar-refractivity contribution < 1.29 is 23.8 Å². The van der Waals surface area contributed by atoms with E-state index in [0.29, 0.717) is 5.75 Å². The number of amides is 1. The molecule has 5 nitrogen and oxygen atoms in total. The molecule has 0 fully saturated rings. The second-order valence-electron chi connectivity index (χ2n) is 5.43. The van der Waals surface area contributed by atoms with Crippen LogP contribution >= 0.6 is 0 Å². The molecule has 0 aliphatic rings. The summed E-state index contributed by atoms with van der Waals surface area (Å²) in [6, 6.07) is 5.77. The Balaban J connectivity index is 2.78. The monoisotopic (exact) mass is 297 g/mol. The van der Waals surface area contributed by atoms with Gasteiger partial charge in [0.2, 0.25) is 5.91 Å². The summed E-state index contributed by atoms with van der Waals surface area (Å²) in [7, 11) is 1.54. The first-order valence-electron chi connectivity index (χ1n) is 6.53. The number of carbonyl (C=O) groups excluding carboxylic acids is 1. The van der Waals surface area contributed by atoms with Crippen LogP contribution in [0, 0.1) is 5.41 Å². The molecule has 0 aliphatic heterocycles. The lowest BCUT2D eigenvalue weighted by Crippen LogP contribution is -2.48. The van der Waals surface area contributed by atoms with Gasteiger partial charge in [-0.05, 0) is 31.5 Å². The normalized spacial score (nSPS) is 12.6. The van der Waals surface area contributed by atoms with Gasteiger partial charge in [0.1, 0.15) is 18.5 Å². The quantitative estimate of drug-likeness (QED) is 0.804. The highest BCUT2D eigenvalue weighted by Crippen LogP contribution is 2.17. The maximum absolute atomic E-state index is 12.8. The van der Waals surface area contributed by atoms with E-state index in [1.54, 1.807) is 24.3 Å². The number of hydrogen-bond donors (Lipinski definition) is 2. The molecule has 1 aromatic rings. The molecule has 1 aromatic carbocycles. The number of halogens is 1. The molecule has 0 spiro atoms. The van der Waals surface area contributed by atoms with Crippen LogP contribution in [0.15, 0.2) is 24.3 Å². The fourth-order valence-corrected chi connectivity index (χ4v) is 1.61. The Morgan fingerprint density at radius 3 is 2.33 bits per heavy atom. The summed E-state index contributed by atoms with van der Waals surface area (Å²) in [5, 5.41) is 11.6. The molecule has 1 rings (SSSR count). The molecule has 21 heavy (non-hydrogen) atoms. The molecule has 1 amide bonds. The SMILES string of the molecule is COc1ccc(C[C@@H](NC(=O)C(C)(C)CF)C(=O)O)cc1. The van der Waals surface area contributed by atoms with E-state index in [4.69, 9.17) is 4.74 Å². The molecule has 0 aliphatic carbocycles. The van der Waals surface area contributed by atoms with Gasteiger partial charge in [0.15, 0.2) is 0 Å². The molecule has 0 heterocycles. The molecule has 0 saturated heterocycles. The van der Waals surface area contributed by atoms with Gasteiger partial charge in [0, 0.05) is 6.42 Å². The number of nitrogens with one attached hydrogen (secondary N) is 1. The van der Waals surface area contributed by atoms with Crippen molar-refractivity contribution in [3.05, 3.63) is 29.8 Å². The van der Waals surface area contributed by atoms with E-state index in [0.717, 1.165) is 5.56 Å². The summed E-state index contributed by atoms with van der Waals surface area (Å²) in [6.07, 6.45) is 0.118. The largest absolute Gasteiger partial charge is 0.497 e. The van der Waals surface area contributed by atoms with Crippen LogP contribution in [-0.2, 0) is 16.0 Å². The van der Waals surface area contributed by atoms with Gasteiger partial charge in [-0.3, -0.25) is 4.79 Å². The van der Waals surface area contributed by atoms with Crippen LogP contribution in [0.25, 0.3) is 0 Å². The average molecular weight is 297 g/mol. The van der Waals surface area contributed by atoms with Gasteiger partial charge in [0.05, 0.1) is 12.5 Å². The Kier molecular flexibility index (Phi) is 5.69. The highest BCUT2D eigenvalue weighted by molar-refractivity contribution is 5.87. The minimum absolute atomic E-state index is 0.118. The standard InChI is InChI=1S/C15H20FNO4/c1-15(2,9-16)14(20)17-12(13(18)19)8-10-4-6-11(21-3)7-5-10/h4-7,12H,8-9H2,1-3H3,(H,17,20)(H,18,19)/t12-/m1/s1. The number of hydrogen-bond acceptors (Lipinski definition) is 3. The topological polar surface area (TPSA) is 75.6 Å². The van der Waals surface area contributed by atoms with Gasteiger partial charge in [-0.25, -0.2) is 9.18 Å². The van der Waals surface area contributed by atoms with Gasteiger partial charge in [-0.2, -0.15) is 0 Å². The van der Waals surface area contributed by atoms with E-state index in [1.165, 1.54) is 21.0 Å². The van der Waals surface area contributed by atoms with Crippen molar-refractivity contribution in [3.63, 3.8) is 0 Å². The van der Waals surface area contributed by atoms with Crippen LogP contribution in [0.4, 0.5) is 4.39 Å². The fraction of sp³-hybridized carbons (Fsp3) is 0.467. The molecule has 0 unspecified atom stereocenters. The number of carbonyl (C=O) groups is 2. The molecule has 0 bridgehead atoms. The lowest BCUT2D eigenvalue weighted by molar-refractivity contribution is -0.143. The van der Waals surface area contributed by atoms with Crippen molar-refractivity contribution in [2.75, 3.05) is 13.8 Å². The first-order valence-corrected chi connectivity index (χ1v) is 6.53. The average Bonchev–Trinajstić information content (AvgIpc) is 2.46. The third-order valence-corrected chi connectivity index (χ3v) is 3.15. The first-order chi connectivity index (χ1) is 9.80. The van der Waals surface area contributed by atoms with Crippen LogP contribution in [0.1, 0.15) is 19.4 Å². The van der Waals surface area contributed by atoms with Crippen LogP contribution in [0.2, 0.25) is 0 Å². The number of methoxy groups -OCH3 is 1. The molecular formula is C15H20FNO4. The molecule has 0 saturated carbocycles. The highest BCUT2D eigenvalue weighted by atomic mass is 19.1. The molecular weight excluding hydrogens is 277 g/mol. The van der Waals surface area contributed by atoms with Crippen molar-refractivity contribution in [3.8, 4) is 5.75 Å². The van der Waals surface area contributed by atoms with E-state index in [1.807, 2.05) is 0 Å². The molecule has 0 radical (unpaired) electrons. The molecule has 6 heteroatoms. The maximum atomic E-state index is 12.8. The smallest absolute Gasteiger partial charge is 0.326 e. The Morgan fingerprint density at radius 2 is 1.90 bits per heavy atom. The lowest BCUT2D eigenvalue weighted by atomic mass is 9.93. The van der Waals surface area contributed by atoms with Crippen LogP contribution < -0.4 is 10.1 Å². The van der Waals surface area contributed by atoms with Crippen molar-refractivity contribution in [1.29, 1.82) is 0 Å². The second-order valence-corrected chi connectivity index (χ2v) is 5.43. The summed E-state index contributed by atoms with van der Waals surface area (Å²) in [6.45, 7) is 2.00. The molecule has 1 atom stereocenters. The van der Waals surface area contributed by atoms with Gasteiger partial charge >= 0.3 is 5.97 Å². The minimum atomic E-state index is -1.24. The van der Waals surface area contributed by atoms with Crippen molar-refractivity contribution in [2.24, 2.45) is 5.41 Å².